The van der Waals surface area contributed by atoms with E-state index in [1.54, 1.807) is 48.5 Å². The number of hydrogen-bond donors (Lipinski definition) is 1. The number of fused-ring (bicyclic) bond motifs is 1. The van der Waals surface area contributed by atoms with Gasteiger partial charge >= 0.3 is 0 Å². The Bertz CT molecular complexity index is 1270. The number of carbonyl (C=O) groups is 1. The van der Waals surface area contributed by atoms with Gasteiger partial charge in [0.15, 0.2) is 0 Å². The lowest BCUT2D eigenvalue weighted by atomic mass is 10.1. The van der Waals surface area contributed by atoms with Crippen molar-refractivity contribution in [3.63, 3.8) is 0 Å². The summed E-state index contributed by atoms with van der Waals surface area (Å²) in [4.78, 5) is 34.3. The summed E-state index contributed by atoms with van der Waals surface area (Å²) < 4.78 is 3.22. The maximum atomic E-state index is 12.9. The predicted molar refractivity (Wildman–Crippen MR) is 110 cm³/mol. The number of amides is 1. The van der Waals surface area contributed by atoms with Gasteiger partial charge in [-0.25, -0.2) is 0 Å². The summed E-state index contributed by atoms with van der Waals surface area (Å²) in [5.74, 6) is -0.444. The average Bonchev–Trinajstić information content (AvgIpc) is 3.06. The van der Waals surface area contributed by atoms with Crippen molar-refractivity contribution in [3.8, 4) is 0 Å². The lowest BCUT2D eigenvalue weighted by molar-refractivity contribution is 0.102. The van der Waals surface area contributed by atoms with E-state index in [-0.39, 0.29) is 17.7 Å². The summed E-state index contributed by atoms with van der Waals surface area (Å²) in [6, 6.07) is 7.26. The van der Waals surface area contributed by atoms with Crippen LogP contribution >= 0.6 is 0 Å². The summed E-state index contributed by atoms with van der Waals surface area (Å²) in [6.07, 6.45) is 6.67. The SMILES string of the molecule is Cc1cnc(Cn2ccc(C)c(C(=O)Nc3ccc4c(cnn4C)c3)c2=O)cn1. The van der Waals surface area contributed by atoms with Crippen molar-refractivity contribution in [2.24, 2.45) is 7.05 Å². The molecule has 0 bridgehead atoms. The molecule has 8 heteroatoms. The number of hydrogen-bond acceptors (Lipinski definition) is 5. The molecule has 4 aromatic rings. The number of carbonyl (C=O) groups excluding carboxylic acids is 1. The van der Waals surface area contributed by atoms with Gasteiger partial charge in [0.25, 0.3) is 11.5 Å². The van der Waals surface area contributed by atoms with Crippen LogP contribution in [0.25, 0.3) is 10.9 Å². The molecule has 0 aliphatic rings. The van der Waals surface area contributed by atoms with Gasteiger partial charge in [0, 0.05) is 30.5 Å². The second kappa shape index (κ2) is 7.31. The molecule has 0 radical (unpaired) electrons. The number of benzene rings is 1. The Morgan fingerprint density at radius 2 is 1.93 bits per heavy atom. The Kier molecular flexibility index (Phi) is 4.67. The van der Waals surface area contributed by atoms with Crippen LogP contribution < -0.4 is 10.9 Å². The smallest absolute Gasteiger partial charge is 0.264 e. The fourth-order valence-electron chi connectivity index (χ4n) is 3.18. The lowest BCUT2D eigenvalue weighted by Gasteiger charge is -2.11. The number of anilines is 1. The van der Waals surface area contributed by atoms with Gasteiger partial charge in [0.1, 0.15) is 5.56 Å². The van der Waals surface area contributed by atoms with E-state index in [4.69, 9.17) is 0 Å². The molecule has 0 aliphatic carbocycles. The zero-order valence-corrected chi connectivity index (χ0v) is 16.4. The first-order valence-electron chi connectivity index (χ1n) is 9.13. The van der Waals surface area contributed by atoms with E-state index in [0.717, 1.165) is 16.6 Å². The van der Waals surface area contributed by atoms with Crippen molar-refractivity contribution >= 4 is 22.5 Å². The quantitative estimate of drug-likeness (QED) is 0.579. The molecular formula is C21H20N6O2. The molecule has 0 saturated carbocycles. The van der Waals surface area contributed by atoms with Crippen LogP contribution in [0, 0.1) is 13.8 Å². The molecule has 0 atom stereocenters. The third kappa shape index (κ3) is 3.64. The molecule has 0 fully saturated rings. The van der Waals surface area contributed by atoms with Crippen LogP contribution in [-0.2, 0) is 13.6 Å². The number of nitrogens with zero attached hydrogens (tertiary/aromatic N) is 5. The first kappa shape index (κ1) is 18.5. The summed E-state index contributed by atoms with van der Waals surface area (Å²) in [5, 5.41) is 7.93. The molecule has 1 aromatic carbocycles. The van der Waals surface area contributed by atoms with Gasteiger partial charge < -0.3 is 9.88 Å². The number of aryl methyl sites for hydroxylation is 3. The Labute approximate surface area is 166 Å². The highest BCUT2D eigenvalue weighted by Gasteiger charge is 2.17. The topological polar surface area (TPSA) is 94.7 Å². The highest BCUT2D eigenvalue weighted by Crippen LogP contribution is 2.19. The minimum atomic E-state index is -0.444. The van der Waals surface area contributed by atoms with Crippen LogP contribution in [0.15, 0.2) is 53.8 Å². The largest absolute Gasteiger partial charge is 0.322 e. The van der Waals surface area contributed by atoms with Crippen molar-refractivity contribution in [3.05, 3.63) is 81.9 Å². The summed E-state index contributed by atoms with van der Waals surface area (Å²) in [6.45, 7) is 3.84. The van der Waals surface area contributed by atoms with Crippen molar-refractivity contribution in [1.82, 2.24) is 24.3 Å². The van der Waals surface area contributed by atoms with Gasteiger partial charge in [-0.2, -0.15) is 5.10 Å². The van der Waals surface area contributed by atoms with Gasteiger partial charge in [0.05, 0.1) is 35.8 Å². The fraction of sp³-hybridized carbons (Fsp3) is 0.190. The highest BCUT2D eigenvalue weighted by atomic mass is 16.2. The minimum absolute atomic E-state index is 0.110. The minimum Gasteiger partial charge on any atom is -0.322 e. The van der Waals surface area contributed by atoms with Crippen molar-refractivity contribution < 1.29 is 4.79 Å². The van der Waals surface area contributed by atoms with Gasteiger partial charge in [-0.15, -0.1) is 0 Å². The highest BCUT2D eigenvalue weighted by molar-refractivity contribution is 6.05. The molecule has 8 nitrogen and oxygen atoms in total. The van der Waals surface area contributed by atoms with Crippen LogP contribution in [0.5, 0.6) is 0 Å². The second-order valence-corrected chi connectivity index (χ2v) is 6.95. The zero-order chi connectivity index (χ0) is 20.5. The molecule has 29 heavy (non-hydrogen) atoms. The summed E-state index contributed by atoms with van der Waals surface area (Å²) >= 11 is 0. The molecule has 0 aliphatic heterocycles. The van der Waals surface area contributed by atoms with Crippen LogP contribution in [0.4, 0.5) is 5.69 Å². The molecule has 3 heterocycles. The molecule has 4 rings (SSSR count). The average molecular weight is 388 g/mol. The van der Waals surface area contributed by atoms with Gasteiger partial charge in [-0.3, -0.25) is 24.2 Å². The zero-order valence-electron chi connectivity index (χ0n) is 16.4. The Balaban J connectivity index is 1.63. The molecule has 1 amide bonds. The molecule has 0 unspecified atom stereocenters. The normalized spacial score (nSPS) is 11.0. The maximum Gasteiger partial charge on any atom is 0.264 e. The predicted octanol–water partition coefficient (Wildman–Crippen LogP) is 2.44. The lowest BCUT2D eigenvalue weighted by Crippen LogP contribution is -2.30. The molecular weight excluding hydrogens is 368 g/mol. The van der Waals surface area contributed by atoms with Crippen LogP contribution in [0.2, 0.25) is 0 Å². The maximum absolute atomic E-state index is 12.9. The van der Waals surface area contributed by atoms with E-state index in [9.17, 15) is 9.59 Å². The van der Waals surface area contributed by atoms with Crippen LogP contribution in [-0.4, -0.2) is 30.2 Å². The van der Waals surface area contributed by atoms with Crippen molar-refractivity contribution in [2.45, 2.75) is 20.4 Å². The first-order chi connectivity index (χ1) is 13.9. The summed E-state index contributed by atoms with van der Waals surface area (Å²) in [5.41, 5.74) is 3.37. The number of pyridine rings is 1. The van der Waals surface area contributed by atoms with Crippen LogP contribution in [0.3, 0.4) is 0 Å². The Morgan fingerprint density at radius 1 is 1.10 bits per heavy atom. The van der Waals surface area contributed by atoms with Gasteiger partial charge in [0.2, 0.25) is 0 Å². The number of nitrogens with one attached hydrogen (secondary N) is 1. The molecule has 0 saturated heterocycles. The monoisotopic (exact) mass is 388 g/mol. The molecule has 1 N–H and O–H groups in total. The van der Waals surface area contributed by atoms with E-state index >= 15 is 0 Å². The van der Waals surface area contributed by atoms with E-state index in [1.165, 1.54) is 4.57 Å². The van der Waals surface area contributed by atoms with E-state index in [0.29, 0.717) is 16.9 Å². The molecule has 0 spiro atoms. The van der Waals surface area contributed by atoms with Crippen molar-refractivity contribution in [1.29, 1.82) is 0 Å². The standard InChI is InChI=1S/C21H20N6O2/c1-13-6-7-27(12-17-11-22-14(2)9-23-17)21(29)19(13)20(28)25-16-4-5-18-15(8-16)10-24-26(18)3/h4-11H,12H2,1-3H3,(H,25,28). The van der Waals surface area contributed by atoms with Gasteiger partial charge in [-0.1, -0.05) is 0 Å². The number of aromatic nitrogens is 5. The third-order valence-corrected chi connectivity index (χ3v) is 4.77. The van der Waals surface area contributed by atoms with Crippen molar-refractivity contribution in [2.75, 3.05) is 5.32 Å². The van der Waals surface area contributed by atoms with E-state index in [1.807, 2.05) is 26.1 Å². The Morgan fingerprint density at radius 3 is 2.69 bits per heavy atom. The first-order valence-corrected chi connectivity index (χ1v) is 9.13. The van der Waals surface area contributed by atoms with E-state index in [2.05, 4.69) is 20.4 Å². The summed E-state index contributed by atoms with van der Waals surface area (Å²) in [7, 11) is 1.86. The van der Waals surface area contributed by atoms with Gasteiger partial charge in [-0.05, 0) is 43.7 Å². The Hall–Kier alpha value is -3.81. The number of rotatable bonds is 4. The molecule has 146 valence electrons. The molecule has 3 aromatic heterocycles. The van der Waals surface area contributed by atoms with Crippen LogP contribution in [0.1, 0.15) is 27.3 Å². The second-order valence-electron chi connectivity index (χ2n) is 6.95. The van der Waals surface area contributed by atoms with E-state index < -0.39 is 5.91 Å². The fourth-order valence-corrected chi connectivity index (χ4v) is 3.18. The third-order valence-electron chi connectivity index (χ3n) is 4.77.